The van der Waals surface area contributed by atoms with Crippen molar-refractivity contribution in [2.24, 2.45) is 0 Å². The Morgan fingerprint density at radius 2 is 1.80 bits per heavy atom. The average molecular weight is 645 g/mol. The van der Waals surface area contributed by atoms with Crippen LogP contribution in [0.1, 0.15) is 24.1 Å². The number of para-hydroxylation sites is 2. The first-order valence-corrected chi connectivity index (χ1v) is 16.6. The van der Waals surface area contributed by atoms with E-state index in [2.05, 4.69) is 20.8 Å². The first-order chi connectivity index (χ1) is 19.7. The number of hydrogen-bond donors (Lipinski definition) is 1. The number of likely N-dealkylation sites (tertiary alicyclic amines) is 1. The monoisotopic (exact) mass is 643 g/mol. The third kappa shape index (κ3) is 5.94. The van der Waals surface area contributed by atoms with Crippen LogP contribution in [0.4, 0.5) is 5.69 Å². The zero-order valence-corrected chi connectivity index (χ0v) is 25.3. The Labute approximate surface area is 248 Å². The summed E-state index contributed by atoms with van der Waals surface area (Å²) in [5.41, 5.74) is 4.37. The van der Waals surface area contributed by atoms with Crippen LogP contribution in [-0.2, 0) is 34.3 Å². The number of piperidine rings is 1. The van der Waals surface area contributed by atoms with Crippen molar-refractivity contribution in [1.82, 2.24) is 19.0 Å². The molecule has 0 radical (unpaired) electrons. The maximum Gasteiger partial charge on any atom is 0.265 e. The SMILES string of the molecule is CS(=O)(=O)N1CCc2c(c(-c3ccc(Br)cc3)nn2CC(O)CN2CCC(N3C(=O)COc4ccccc43)CC2)C1. The van der Waals surface area contributed by atoms with E-state index in [4.69, 9.17) is 9.84 Å². The molecule has 10 nitrogen and oxygen atoms in total. The lowest BCUT2D eigenvalue weighted by Crippen LogP contribution is -2.51. The molecule has 3 aliphatic rings. The van der Waals surface area contributed by atoms with Crippen molar-refractivity contribution in [2.45, 2.75) is 44.5 Å². The Hall–Kier alpha value is -2.77. The molecule has 0 bridgehead atoms. The lowest BCUT2D eigenvalue weighted by Gasteiger charge is -2.41. The molecule has 0 spiro atoms. The highest BCUT2D eigenvalue weighted by Crippen LogP contribution is 2.35. The number of amides is 1. The maximum absolute atomic E-state index is 12.7. The van der Waals surface area contributed by atoms with E-state index >= 15 is 0 Å². The molecule has 2 aromatic carbocycles. The normalized spacial score (nSPS) is 19.5. The van der Waals surface area contributed by atoms with Crippen molar-refractivity contribution >= 4 is 37.5 Å². The lowest BCUT2D eigenvalue weighted by atomic mass is 10.0. The zero-order chi connectivity index (χ0) is 28.7. The van der Waals surface area contributed by atoms with Crippen molar-refractivity contribution in [3.05, 3.63) is 64.3 Å². The van der Waals surface area contributed by atoms with Gasteiger partial charge < -0.3 is 19.6 Å². The first-order valence-electron chi connectivity index (χ1n) is 13.9. The van der Waals surface area contributed by atoms with E-state index in [9.17, 15) is 18.3 Å². The number of β-amino-alcohol motifs (C(OH)–C–C–N with tert-alkyl or cyclic N) is 1. The largest absolute Gasteiger partial charge is 0.482 e. The highest BCUT2D eigenvalue weighted by Gasteiger charge is 2.34. The van der Waals surface area contributed by atoms with Crippen LogP contribution in [0, 0.1) is 0 Å². The van der Waals surface area contributed by atoms with Gasteiger partial charge in [-0.25, -0.2) is 8.42 Å². The van der Waals surface area contributed by atoms with Crippen LogP contribution in [0.5, 0.6) is 5.75 Å². The van der Waals surface area contributed by atoms with Crippen LogP contribution < -0.4 is 9.64 Å². The highest BCUT2D eigenvalue weighted by molar-refractivity contribution is 9.10. The van der Waals surface area contributed by atoms with Crippen molar-refractivity contribution in [2.75, 3.05) is 43.9 Å². The van der Waals surface area contributed by atoms with E-state index < -0.39 is 16.1 Å². The van der Waals surface area contributed by atoms with E-state index in [1.165, 1.54) is 10.6 Å². The van der Waals surface area contributed by atoms with Crippen LogP contribution >= 0.6 is 15.9 Å². The van der Waals surface area contributed by atoms with E-state index in [1.807, 2.05) is 58.1 Å². The number of nitrogens with zero attached hydrogens (tertiary/aromatic N) is 5. The first kappa shape index (κ1) is 28.4. The van der Waals surface area contributed by atoms with Gasteiger partial charge in [0.15, 0.2) is 6.61 Å². The molecule has 1 atom stereocenters. The summed E-state index contributed by atoms with van der Waals surface area (Å²) in [6, 6.07) is 15.6. The number of aromatic nitrogens is 2. The third-order valence-corrected chi connectivity index (χ3v) is 9.98. The molecular weight excluding hydrogens is 610 g/mol. The summed E-state index contributed by atoms with van der Waals surface area (Å²) in [4.78, 5) is 16.9. The number of fused-ring (bicyclic) bond motifs is 2. The lowest BCUT2D eigenvalue weighted by molar-refractivity contribution is -0.122. The number of carbonyl (C=O) groups is 1. The highest BCUT2D eigenvalue weighted by atomic mass is 79.9. The molecule has 0 saturated carbocycles. The number of halogens is 1. The van der Waals surface area contributed by atoms with Gasteiger partial charge in [0.2, 0.25) is 10.0 Å². The van der Waals surface area contributed by atoms with Crippen LogP contribution in [0.25, 0.3) is 11.3 Å². The predicted molar refractivity (Wildman–Crippen MR) is 159 cm³/mol. The smallest absolute Gasteiger partial charge is 0.265 e. The maximum atomic E-state index is 12.7. The Kier molecular flexibility index (Phi) is 7.94. The fourth-order valence-electron chi connectivity index (χ4n) is 6.18. The molecule has 1 amide bonds. The Morgan fingerprint density at radius 1 is 1.07 bits per heavy atom. The molecule has 12 heteroatoms. The van der Waals surface area contributed by atoms with Gasteiger partial charge in [0, 0.05) is 66.5 Å². The number of ether oxygens (including phenoxy) is 1. The number of carbonyl (C=O) groups excluding carboxylic acids is 1. The second kappa shape index (κ2) is 11.5. The van der Waals surface area contributed by atoms with Gasteiger partial charge in [-0.15, -0.1) is 0 Å². The van der Waals surface area contributed by atoms with E-state index in [-0.39, 0.29) is 25.1 Å². The van der Waals surface area contributed by atoms with Crippen molar-refractivity contribution in [3.63, 3.8) is 0 Å². The van der Waals surface area contributed by atoms with Gasteiger partial charge >= 0.3 is 0 Å². The summed E-state index contributed by atoms with van der Waals surface area (Å²) in [7, 11) is -3.34. The third-order valence-electron chi connectivity index (χ3n) is 8.21. The molecule has 0 aliphatic carbocycles. The van der Waals surface area contributed by atoms with Crippen molar-refractivity contribution in [3.8, 4) is 17.0 Å². The van der Waals surface area contributed by atoms with Gasteiger partial charge in [0.05, 0.1) is 30.3 Å². The van der Waals surface area contributed by atoms with Gasteiger partial charge in [-0.1, -0.05) is 40.2 Å². The Morgan fingerprint density at radius 3 is 2.54 bits per heavy atom. The fourth-order valence-corrected chi connectivity index (χ4v) is 7.23. The summed E-state index contributed by atoms with van der Waals surface area (Å²) in [6.45, 7) is 3.11. The summed E-state index contributed by atoms with van der Waals surface area (Å²) in [5.74, 6) is 0.733. The van der Waals surface area contributed by atoms with E-state index in [0.29, 0.717) is 26.1 Å². The molecule has 6 rings (SSSR count). The van der Waals surface area contributed by atoms with Crippen LogP contribution in [0.3, 0.4) is 0 Å². The zero-order valence-electron chi connectivity index (χ0n) is 22.9. The van der Waals surface area contributed by atoms with Gasteiger partial charge in [0.1, 0.15) is 5.75 Å². The number of sulfonamides is 1. The minimum atomic E-state index is -3.34. The quantitative estimate of drug-likeness (QED) is 0.422. The molecule has 1 aromatic heterocycles. The molecule has 1 fully saturated rings. The molecule has 4 heterocycles. The Bertz CT molecular complexity index is 1540. The standard InChI is InChI=1S/C29H34BrN5O5S/c1-41(38,39)33-15-12-25-24(18-33)29(20-6-8-21(30)9-7-20)31-34(25)17-23(36)16-32-13-10-22(11-14-32)35-26-4-2-3-5-27(26)40-19-28(35)37/h2-9,22-23,36H,10-19H2,1H3. The molecule has 1 saturated heterocycles. The minimum Gasteiger partial charge on any atom is -0.482 e. The second-order valence-electron chi connectivity index (χ2n) is 11.0. The number of aliphatic hydroxyl groups excluding tert-OH is 1. The van der Waals surface area contributed by atoms with Gasteiger partial charge in [-0.05, 0) is 37.1 Å². The summed E-state index contributed by atoms with van der Waals surface area (Å²) < 4.78 is 34.5. The number of benzene rings is 2. The molecule has 41 heavy (non-hydrogen) atoms. The number of rotatable bonds is 7. The molecule has 218 valence electrons. The summed E-state index contributed by atoms with van der Waals surface area (Å²) in [5, 5.41) is 16.0. The van der Waals surface area contributed by atoms with Crippen LogP contribution in [0.2, 0.25) is 0 Å². The summed E-state index contributed by atoms with van der Waals surface area (Å²) >= 11 is 3.47. The fraction of sp³-hybridized carbons (Fsp3) is 0.448. The average Bonchev–Trinajstić information content (AvgIpc) is 3.31. The van der Waals surface area contributed by atoms with Gasteiger partial charge in [-0.3, -0.25) is 9.48 Å². The van der Waals surface area contributed by atoms with Gasteiger partial charge in [-0.2, -0.15) is 9.40 Å². The molecular formula is C29H34BrN5O5S. The molecule has 1 N–H and O–H groups in total. The van der Waals surface area contributed by atoms with E-state index in [1.54, 1.807) is 0 Å². The summed E-state index contributed by atoms with van der Waals surface area (Å²) in [6.07, 6.45) is 2.77. The predicted octanol–water partition coefficient (Wildman–Crippen LogP) is 2.88. The Balaban J connectivity index is 1.14. The van der Waals surface area contributed by atoms with E-state index in [0.717, 1.165) is 64.4 Å². The molecule has 1 unspecified atom stereocenters. The molecule has 3 aromatic rings. The minimum absolute atomic E-state index is 0.0124. The van der Waals surface area contributed by atoms with Gasteiger partial charge in [0.25, 0.3) is 5.91 Å². The van der Waals surface area contributed by atoms with Crippen molar-refractivity contribution in [1.29, 1.82) is 0 Å². The number of anilines is 1. The molecule has 3 aliphatic heterocycles. The van der Waals surface area contributed by atoms with Crippen LogP contribution in [-0.4, -0.2) is 89.6 Å². The van der Waals surface area contributed by atoms with Crippen molar-refractivity contribution < 1.29 is 23.1 Å². The number of aliphatic hydroxyl groups is 1. The topological polar surface area (TPSA) is 108 Å². The van der Waals surface area contributed by atoms with Crippen LogP contribution in [0.15, 0.2) is 53.0 Å². The second-order valence-corrected chi connectivity index (χ2v) is 13.9. The number of hydrogen-bond acceptors (Lipinski definition) is 7.